The first-order valence-electron chi connectivity index (χ1n) is 10.9. The van der Waals surface area contributed by atoms with Crippen LogP contribution in [0.3, 0.4) is 0 Å². The van der Waals surface area contributed by atoms with Crippen LogP contribution in [0, 0.1) is 13.8 Å². The van der Waals surface area contributed by atoms with E-state index in [1.807, 2.05) is 32.0 Å². The molecule has 0 saturated heterocycles. The number of nitrogens with one attached hydrogen (secondary N) is 2. The van der Waals surface area contributed by atoms with Gasteiger partial charge in [0.15, 0.2) is 11.5 Å². The molecule has 0 saturated carbocycles. The molecule has 8 nitrogen and oxygen atoms in total. The third-order valence-corrected chi connectivity index (χ3v) is 5.89. The summed E-state index contributed by atoms with van der Waals surface area (Å²) in [7, 11) is 1.80. The molecule has 2 aromatic heterocycles. The Hall–Kier alpha value is -3.29. The number of rotatable bonds is 7. The molecule has 4 rings (SSSR count). The molecule has 1 aliphatic heterocycles. The van der Waals surface area contributed by atoms with E-state index in [9.17, 15) is 9.59 Å². The first-order valence-corrected chi connectivity index (χ1v) is 10.9. The maximum absolute atomic E-state index is 12.5. The van der Waals surface area contributed by atoms with E-state index < -0.39 is 0 Å². The van der Waals surface area contributed by atoms with Crippen molar-refractivity contribution in [3.05, 3.63) is 50.9 Å². The summed E-state index contributed by atoms with van der Waals surface area (Å²) in [4.78, 5) is 27.8. The molecular weight excluding hydrogens is 408 g/mol. The SMILES string of the molecule is Cc1nn(C)c2[nH]c(=O)c(CCC(=O)NCCOc3cccc4c3OC(C)(C)C4)c(C)c12. The predicted molar refractivity (Wildman–Crippen MR) is 122 cm³/mol. The number of fused-ring (bicyclic) bond motifs is 2. The number of benzene rings is 1. The van der Waals surface area contributed by atoms with Crippen molar-refractivity contribution in [2.45, 2.75) is 52.6 Å². The molecule has 0 radical (unpaired) electrons. The lowest BCUT2D eigenvalue weighted by atomic mass is 10.0. The second-order valence-electron chi connectivity index (χ2n) is 8.97. The van der Waals surface area contributed by atoms with Gasteiger partial charge in [-0.2, -0.15) is 5.10 Å². The number of amides is 1. The smallest absolute Gasteiger partial charge is 0.253 e. The third kappa shape index (κ3) is 4.22. The highest BCUT2D eigenvalue weighted by atomic mass is 16.5. The van der Waals surface area contributed by atoms with Gasteiger partial charge in [-0.3, -0.25) is 14.3 Å². The van der Waals surface area contributed by atoms with Gasteiger partial charge >= 0.3 is 0 Å². The fraction of sp³-hybridized carbons (Fsp3) is 0.458. The Morgan fingerprint density at radius 2 is 2.12 bits per heavy atom. The van der Waals surface area contributed by atoms with Crippen LogP contribution in [-0.2, 0) is 24.7 Å². The van der Waals surface area contributed by atoms with Gasteiger partial charge in [-0.1, -0.05) is 12.1 Å². The number of aromatic nitrogens is 3. The number of pyridine rings is 1. The maximum Gasteiger partial charge on any atom is 0.253 e. The van der Waals surface area contributed by atoms with Crippen LogP contribution < -0.4 is 20.3 Å². The molecule has 1 aliphatic rings. The standard InChI is InChI=1S/C24H30N4O4/c1-14-17(23(30)26-22-20(14)15(2)27-28(22)5)9-10-19(29)25-11-12-31-18-8-6-7-16-13-24(3,4)32-21(16)18/h6-8H,9-13H2,1-5H3,(H,25,29)(H,26,30). The predicted octanol–water partition coefficient (Wildman–Crippen LogP) is 2.72. The van der Waals surface area contributed by atoms with Crippen LogP contribution in [0.4, 0.5) is 0 Å². The van der Waals surface area contributed by atoms with E-state index in [2.05, 4.69) is 29.2 Å². The Bertz CT molecular complexity index is 1240. The van der Waals surface area contributed by atoms with Crippen LogP contribution in [0.25, 0.3) is 11.0 Å². The molecule has 0 fully saturated rings. The molecule has 0 bridgehead atoms. The number of aryl methyl sites for hydroxylation is 3. The van der Waals surface area contributed by atoms with Gasteiger partial charge < -0.3 is 19.8 Å². The van der Waals surface area contributed by atoms with Crippen molar-refractivity contribution in [3.63, 3.8) is 0 Å². The summed E-state index contributed by atoms with van der Waals surface area (Å²) in [6, 6.07) is 5.89. The summed E-state index contributed by atoms with van der Waals surface area (Å²) >= 11 is 0. The van der Waals surface area contributed by atoms with Crippen molar-refractivity contribution in [3.8, 4) is 11.5 Å². The second kappa shape index (κ2) is 8.33. The summed E-state index contributed by atoms with van der Waals surface area (Å²) < 4.78 is 13.5. The normalized spacial score (nSPS) is 14.3. The molecular formula is C24H30N4O4. The van der Waals surface area contributed by atoms with E-state index in [0.717, 1.165) is 34.4 Å². The molecule has 8 heteroatoms. The maximum atomic E-state index is 12.5. The fourth-order valence-electron chi connectivity index (χ4n) is 4.44. The van der Waals surface area contributed by atoms with Crippen LogP contribution in [0.15, 0.2) is 23.0 Å². The molecule has 0 spiro atoms. The minimum absolute atomic E-state index is 0.119. The monoisotopic (exact) mass is 438 g/mol. The molecule has 32 heavy (non-hydrogen) atoms. The molecule has 0 atom stereocenters. The van der Waals surface area contributed by atoms with E-state index in [1.54, 1.807) is 11.7 Å². The lowest BCUT2D eigenvalue weighted by Gasteiger charge is -2.18. The highest BCUT2D eigenvalue weighted by molar-refractivity contribution is 5.83. The molecule has 2 N–H and O–H groups in total. The van der Waals surface area contributed by atoms with Gasteiger partial charge in [0, 0.05) is 36.4 Å². The summed E-state index contributed by atoms with van der Waals surface area (Å²) in [6.07, 6.45) is 1.44. The lowest BCUT2D eigenvalue weighted by Crippen LogP contribution is -2.29. The number of hydrogen-bond donors (Lipinski definition) is 2. The Balaban J connectivity index is 1.31. The zero-order valence-electron chi connectivity index (χ0n) is 19.3. The van der Waals surface area contributed by atoms with E-state index in [1.165, 1.54) is 0 Å². The zero-order chi connectivity index (χ0) is 23.0. The first kappa shape index (κ1) is 21.9. The number of H-pyrrole nitrogens is 1. The highest BCUT2D eigenvalue weighted by Gasteiger charge is 2.32. The van der Waals surface area contributed by atoms with Crippen molar-refractivity contribution in [2.24, 2.45) is 7.05 Å². The van der Waals surface area contributed by atoms with Gasteiger partial charge in [0.25, 0.3) is 5.56 Å². The van der Waals surface area contributed by atoms with Gasteiger partial charge in [0.05, 0.1) is 12.2 Å². The van der Waals surface area contributed by atoms with Crippen LogP contribution >= 0.6 is 0 Å². The van der Waals surface area contributed by atoms with E-state index in [4.69, 9.17) is 9.47 Å². The minimum atomic E-state index is -0.233. The Labute approximate surface area is 186 Å². The summed E-state index contributed by atoms with van der Waals surface area (Å²) in [5, 5.41) is 8.18. The molecule has 0 unspecified atom stereocenters. The Morgan fingerprint density at radius 1 is 1.34 bits per heavy atom. The number of para-hydroxylation sites is 1. The average molecular weight is 439 g/mol. The van der Waals surface area contributed by atoms with Gasteiger partial charge in [-0.15, -0.1) is 0 Å². The van der Waals surface area contributed by atoms with Crippen molar-refractivity contribution in [1.29, 1.82) is 0 Å². The van der Waals surface area contributed by atoms with Crippen molar-refractivity contribution in [1.82, 2.24) is 20.1 Å². The van der Waals surface area contributed by atoms with E-state index in [-0.39, 0.29) is 23.5 Å². The van der Waals surface area contributed by atoms with E-state index in [0.29, 0.717) is 36.5 Å². The van der Waals surface area contributed by atoms with Gasteiger partial charge in [-0.05, 0) is 45.7 Å². The minimum Gasteiger partial charge on any atom is -0.488 e. The number of nitrogens with zero attached hydrogens (tertiary/aromatic N) is 2. The lowest BCUT2D eigenvalue weighted by molar-refractivity contribution is -0.121. The summed E-state index contributed by atoms with van der Waals surface area (Å²) in [5.74, 6) is 1.37. The topological polar surface area (TPSA) is 98.2 Å². The third-order valence-electron chi connectivity index (χ3n) is 5.89. The number of carbonyl (C=O) groups is 1. The number of aromatic amines is 1. The first-order chi connectivity index (χ1) is 15.2. The summed E-state index contributed by atoms with van der Waals surface area (Å²) in [5.41, 5.74) is 3.80. The van der Waals surface area contributed by atoms with Crippen LogP contribution in [0.1, 0.15) is 42.7 Å². The average Bonchev–Trinajstić information content (AvgIpc) is 3.19. The Morgan fingerprint density at radius 3 is 2.91 bits per heavy atom. The van der Waals surface area contributed by atoms with Gasteiger partial charge in [-0.25, -0.2) is 0 Å². The number of hydrogen-bond acceptors (Lipinski definition) is 5. The van der Waals surface area contributed by atoms with Crippen molar-refractivity contribution >= 4 is 16.9 Å². The Kier molecular flexibility index (Phi) is 5.71. The van der Waals surface area contributed by atoms with Crippen molar-refractivity contribution in [2.75, 3.05) is 13.2 Å². The summed E-state index contributed by atoms with van der Waals surface area (Å²) in [6.45, 7) is 8.65. The number of ether oxygens (including phenoxy) is 2. The second-order valence-corrected chi connectivity index (χ2v) is 8.97. The molecule has 170 valence electrons. The molecule has 3 aromatic rings. The zero-order valence-corrected chi connectivity index (χ0v) is 19.3. The quantitative estimate of drug-likeness (QED) is 0.553. The van der Waals surface area contributed by atoms with E-state index >= 15 is 0 Å². The molecule has 1 amide bonds. The van der Waals surface area contributed by atoms with Gasteiger partial charge in [0.2, 0.25) is 5.91 Å². The van der Waals surface area contributed by atoms with Crippen LogP contribution in [-0.4, -0.2) is 39.4 Å². The van der Waals surface area contributed by atoms with Crippen LogP contribution in [0.5, 0.6) is 11.5 Å². The highest BCUT2D eigenvalue weighted by Crippen LogP contribution is 2.41. The van der Waals surface area contributed by atoms with Gasteiger partial charge in [0.1, 0.15) is 17.9 Å². The number of carbonyl (C=O) groups excluding carboxylic acids is 1. The molecule has 3 heterocycles. The van der Waals surface area contributed by atoms with Crippen molar-refractivity contribution < 1.29 is 14.3 Å². The fourth-order valence-corrected chi connectivity index (χ4v) is 4.44. The molecule has 0 aliphatic carbocycles. The molecule has 1 aromatic carbocycles. The van der Waals surface area contributed by atoms with Crippen LogP contribution in [0.2, 0.25) is 0 Å². The largest absolute Gasteiger partial charge is 0.488 e.